The summed E-state index contributed by atoms with van der Waals surface area (Å²) in [5, 5.41) is 2.86. The summed E-state index contributed by atoms with van der Waals surface area (Å²) in [6.07, 6.45) is 0.818. The SMILES string of the molecule is CC(=O)NC1CCN(C(=O)c2cccc(Br)c2C)C1. The average molecular weight is 325 g/mol. The maximum Gasteiger partial charge on any atom is 0.254 e. The normalized spacial score (nSPS) is 18.5. The van der Waals surface area contributed by atoms with Crippen LogP contribution in [0.5, 0.6) is 0 Å². The van der Waals surface area contributed by atoms with Crippen LogP contribution in [0.2, 0.25) is 0 Å². The molecule has 1 heterocycles. The van der Waals surface area contributed by atoms with Crippen LogP contribution in [0.3, 0.4) is 0 Å². The minimum absolute atomic E-state index is 0.0339. The molecule has 2 amide bonds. The van der Waals surface area contributed by atoms with E-state index in [1.165, 1.54) is 6.92 Å². The Bertz CT molecular complexity index is 516. The summed E-state index contributed by atoms with van der Waals surface area (Å²) < 4.78 is 0.941. The lowest BCUT2D eigenvalue weighted by Crippen LogP contribution is -2.37. The Labute approximate surface area is 121 Å². The van der Waals surface area contributed by atoms with Gasteiger partial charge in [0.2, 0.25) is 5.91 Å². The van der Waals surface area contributed by atoms with Crippen molar-refractivity contribution < 1.29 is 9.59 Å². The van der Waals surface area contributed by atoms with E-state index in [4.69, 9.17) is 0 Å². The molecule has 5 heteroatoms. The molecule has 0 saturated carbocycles. The number of halogens is 1. The van der Waals surface area contributed by atoms with Crippen LogP contribution in [0.1, 0.15) is 29.3 Å². The van der Waals surface area contributed by atoms with Crippen LogP contribution < -0.4 is 5.32 Å². The van der Waals surface area contributed by atoms with Crippen molar-refractivity contribution in [2.24, 2.45) is 0 Å². The number of benzene rings is 1. The zero-order chi connectivity index (χ0) is 14.0. The van der Waals surface area contributed by atoms with Crippen LogP contribution in [-0.4, -0.2) is 35.8 Å². The average Bonchev–Trinajstić information content (AvgIpc) is 2.79. The molecule has 4 nitrogen and oxygen atoms in total. The minimum atomic E-state index is -0.0436. The van der Waals surface area contributed by atoms with E-state index in [0.29, 0.717) is 13.1 Å². The molecule has 1 atom stereocenters. The number of likely N-dealkylation sites (tertiary alicyclic amines) is 1. The van der Waals surface area contributed by atoms with Crippen LogP contribution in [0, 0.1) is 6.92 Å². The van der Waals surface area contributed by atoms with Gasteiger partial charge in [-0.3, -0.25) is 9.59 Å². The number of amides is 2. The monoisotopic (exact) mass is 324 g/mol. The minimum Gasteiger partial charge on any atom is -0.352 e. The molecule has 0 spiro atoms. The van der Waals surface area contributed by atoms with Gasteiger partial charge in [0, 0.05) is 36.1 Å². The molecular weight excluding hydrogens is 308 g/mol. The van der Waals surface area contributed by atoms with E-state index >= 15 is 0 Å². The molecule has 0 aliphatic carbocycles. The van der Waals surface area contributed by atoms with Gasteiger partial charge in [0.05, 0.1) is 0 Å². The number of nitrogens with zero attached hydrogens (tertiary/aromatic N) is 1. The van der Waals surface area contributed by atoms with Crippen LogP contribution in [0.15, 0.2) is 22.7 Å². The smallest absolute Gasteiger partial charge is 0.254 e. The van der Waals surface area contributed by atoms with Gasteiger partial charge >= 0.3 is 0 Å². The van der Waals surface area contributed by atoms with Crippen molar-refractivity contribution in [3.8, 4) is 0 Å². The molecule has 1 fully saturated rings. The second-order valence-corrected chi connectivity index (χ2v) is 5.70. The second-order valence-electron chi connectivity index (χ2n) is 4.85. The lowest BCUT2D eigenvalue weighted by atomic mass is 10.1. The quantitative estimate of drug-likeness (QED) is 0.905. The third-order valence-electron chi connectivity index (χ3n) is 3.38. The number of rotatable bonds is 2. The number of hydrogen-bond acceptors (Lipinski definition) is 2. The Morgan fingerprint density at radius 2 is 2.16 bits per heavy atom. The summed E-state index contributed by atoms with van der Waals surface area (Å²) in [7, 11) is 0. The first-order valence-corrected chi connectivity index (χ1v) is 7.10. The first-order valence-electron chi connectivity index (χ1n) is 6.30. The Morgan fingerprint density at radius 1 is 1.42 bits per heavy atom. The first kappa shape index (κ1) is 14.1. The van der Waals surface area contributed by atoms with Gasteiger partial charge in [-0.05, 0) is 31.0 Å². The number of hydrogen-bond donors (Lipinski definition) is 1. The molecule has 0 radical (unpaired) electrons. The van der Waals surface area contributed by atoms with Gasteiger partial charge in [-0.1, -0.05) is 22.0 Å². The van der Waals surface area contributed by atoms with Crippen molar-refractivity contribution in [3.63, 3.8) is 0 Å². The van der Waals surface area contributed by atoms with Gasteiger partial charge in [0.1, 0.15) is 0 Å². The lowest BCUT2D eigenvalue weighted by molar-refractivity contribution is -0.119. The molecule has 19 heavy (non-hydrogen) atoms. The van der Waals surface area contributed by atoms with E-state index in [1.807, 2.05) is 25.1 Å². The lowest BCUT2D eigenvalue weighted by Gasteiger charge is -2.18. The Morgan fingerprint density at radius 3 is 2.84 bits per heavy atom. The molecule has 102 valence electrons. The molecule has 1 aromatic rings. The summed E-state index contributed by atoms with van der Waals surface area (Å²) in [5.41, 5.74) is 1.67. The van der Waals surface area contributed by atoms with Crippen LogP contribution >= 0.6 is 15.9 Å². The summed E-state index contributed by atoms with van der Waals surface area (Å²) in [6.45, 7) is 4.71. The van der Waals surface area contributed by atoms with Crippen molar-refractivity contribution in [1.82, 2.24) is 10.2 Å². The van der Waals surface area contributed by atoms with E-state index in [1.54, 1.807) is 4.90 Å². The predicted molar refractivity (Wildman–Crippen MR) is 77.0 cm³/mol. The second kappa shape index (κ2) is 5.74. The number of carbonyl (C=O) groups is 2. The fourth-order valence-corrected chi connectivity index (χ4v) is 2.73. The third-order valence-corrected chi connectivity index (χ3v) is 4.24. The summed E-state index contributed by atoms with van der Waals surface area (Å²) >= 11 is 3.44. The van der Waals surface area contributed by atoms with Crippen LogP contribution in [0.4, 0.5) is 0 Å². The fraction of sp³-hybridized carbons (Fsp3) is 0.429. The molecule has 0 aromatic heterocycles. The molecule has 1 aliphatic heterocycles. The standard InChI is InChI=1S/C14H17BrN2O2/c1-9-12(4-3-5-13(9)15)14(19)17-7-6-11(8-17)16-10(2)18/h3-5,11H,6-8H2,1-2H3,(H,16,18). The molecule has 2 rings (SSSR count). The number of nitrogens with one attached hydrogen (secondary N) is 1. The van der Waals surface area contributed by atoms with Crippen molar-refractivity contribution in [2.75, 3.05) is 13.1 Å². The Hall–Kier alpha value is -1.36. The Kier molecular flexibility index (Phi) is 4.24. The fourth-order valence-electron chi connectivity index (χ4n) is 2.36. The van der Waals surface area contributed by atoms with E-state index in [0.717, 1.165) is 22.0 Å². The van der Waals surface area contributed by atoms with Crippen LogP contribution in [-0.2, 0) is 4.79 Å². The molecule has 1 aliphatic rings. The number of carbonyl (C=O) groups excluding carboxylic acids is 2. The van der Waals surface area contributed by atoms with E-state index in [9.17, 15) is 9.59 Å². The highest BCUT2D eigenvalue weighted by Gasteiger charge is 2.28. The highest BCUT2D eigenvalue weighted by atomic mass is 79.9. The molecule has 1 saturated heterocycles. The van der Waals surface area contributed by atoms with E-state index in [2.05, 4.69) is 21.2 Å². The maximum atomic E-state index is 12.4. The Balaban J connectivity index is 2.09. The van der Waals surface area contributed by atoms with Gasteiger partial charge in [0.25, 0.3) is 5.91 Å². The van der Waals surface area contributed by atoms with Crippen LogP contribution in [0.25, 0.3) is 0 Å². The van der Waals surface area contributed by atoms with Crippen molar-refractivity contribution in [2.45, 2.75) is 26.3 Å². The zero-order valence-electron chi connectivity index (χ0n) is 11.1. The summed E-state index contributed by atoms with van der Waals surface area (Å²) in [6, 6.07) is 5.71. The highest BCUT2D eigenvalue weighted by Crippen LogP contribution is 2.22. The van der Waals surface area contributed by atoms with Gasteiger partial charge in [-0.2, -0.15) is 0 Å². The van der Waals surface area contributed by atoms with Gasteiger partial charge in [0.15, 0.2) is 0 Å². The zero-order valence-corrected chi connectivity index (χ0v) is 12.7. The molecular formula is C14H17BrN2O2. The maximum absolute atomic E-state index is 12.4. The summed E-state index contributed by atoms with van der Waals surface area (Å²) in [4.78, 5) is 25.3. The van der Waals surface area contributed by atoms with E-state index < -0.39 is 0 Å². The topological polar surface area (TPSA) is 49.4 Å². The largest absolute Gasteiger partial charge is 0.352 e. The van der Waals surface area contributed by atoms with Gasteiger partial charge in [-0.15, -0.1) is 0 Å². The van der Waals surface area contributed by atoms with E-state index in [-0.39, 0.29) is 17.9 Å². The van der Waals surface area contributed by atoms with Gasteiger partial charge < -0.3 is 10.2 Å². The van der Waals surface area contributed by atoms with Crippen molar-refractivity contribution in [3.05, 3.63) is 33.8 Å². The molecule has 0 bridgehead atoms. The predicted octanol–water partition coefficient (Wildman–Crippen LogP) is 2.11. The van der Waals surface area contributed by atoms with Crippen molar-refractivity contribution >= 4 is 27.7 Å². The highest BCUT2D eigenvalue weighted by molar-refractivity contribution is 9.10. The van der Waals surface area contributed by atoms with Crippen molar-refractivity contribution in [1.29, 1.82) is 0 Å². The summed E-state index contributed by atoms with van der Waals surface area (Å²) in [5.74, 6) is -0.00964. The first-order chi connectivity index (χ1) is 8.99. The third kappa shape index (κ3) is 3.15. The molecule has 1 unspecified atom stereocenters. The molecule has 1 N–H and O–H groups in total. The van der Waals surface area contributed by atoms with Gasteiger partial charge in [-0.25, -0.2) is 0 Å². The molecule has 1 aromatic carbocycles.